The standard InChI is InChI=1S/C20H22F3NO3/c21-20(22,23)19-8-13-5-14(9-19)7-18(6-13,11-19)17(27)24-10-12-1-3-15(4-2-12)16(25)26/h1-4,13-14H,5-11H2,(H,24,27)(H,25,26). The van der Waals surface area contributed by atoms with Crippen molar-refractivity contribution in [2.75, 3.05) is 0 Å². The zero-order chi connectivity index (χ0) is 19.4. The molecule has 4 nitrogen and oxygen atoms in total. The van der Waals surface area contributed by atoms with Crippen LogP contribution in [-0.2, 0) is 11.3 Å². The minimum absolute atomic E-state index is 0.0199. The van der Waals surface area contributed by atoms with Gasteiger partial charge in [-0.05, 0) is 68.1 Å². The maximum atomic E-state index is 13.8. The van der Waals surface area contributed by atoms with Crippen LogP contribution < -0.4 is 5.32 Å². The van der Waals surface area contributed by atoms with Crippen LogP contribution in [0.15, 0.2) is 24.3 Å². The molecule has 0 aliphatic heterocycles. The van der Waals surface area contributed by atoms with E-state index in [1.807, 2.05) is 0 Å². The fourth-order valence-corrected chi connectivity index (χ4v) is 5.99. The Morgan fingerprint density at radius 3 is 2.19 bits per heavy atom. The summed E-state index contributed by atoms with van der Waals surface area (Å²) in [4.78, 5) is 23.8. The molecule has 4 bridgehead atoms. The van der Waals surface area contributed by atoms with E-state index >= 15 is 0 Å². The highest BCUT2D eigenvalue weighted by Crippen LogP contribution is 2.69. The third kappa shape index (κ3) is 3.01. The van der Waals surface area contributed by atoms with Gasteiger partial charge in [-0.2, -0.15) is 13.2 Å². The largest absolute Gasteiger partial charge is 0.478 e. The van der Waals surface area contributed by atoms with Gasteiger partial charge in [0.15, 0.2) is 0 Å². The topological polar surface area (TPSA) is 66.4 Å². The van der Waals surface area contributed by atoms with Crippen LogP contribution in [-0.4, -0.2) is 23.2 Å². The van der Waals surface area contributed by atoms with Gasteiger partial charge < -0.3 is 10.4 Å². The summed E-state index contributed by atoms with van der Waals surface area (Å²) in [5.74, 6) is -1.36. The number of hydrogen-bond acceptors (Lipinski definition) is 2. The summed E-state index contributed by atoms with van der Waals surface area (Å²) < 4.78 is 41.4. The number of nitrogens with one attached hydrogen (secondary N) is 1. The quantitative estimate of drug-likeness (QED) is 0.823. The molecule has 0 radical (unpaired) electrons. The second-order valence-electron chi connectivity index (χ2n) is 8.70. The number of carbonyl (C=O) groups excluding carboxylic acids is 1. The Hall–Kier alpha value is -2.05. The molecule has 4 aliphatic rings. The van der Waals surface area contributed by atoms with Crippen molar-refractivity contribution < 1.29 is 27.9 Å². The fourth-order valence-electron chi connectivity index (χ4n) is 5.99. The van der Waals surface area contributed by atoms with Crippen LogP contribution in [0, 0.1) is 22.7 Å². The van der Waals surface area contributed by atoms with Crippen LogP contribution in [0.3, 0.4) is 0 Å². The van der Waals surface area contributed by atoms with Gasteiger partial charge in [0.05, 0.1) is 16.4 Å². The lowest BCUT2D eigenvalue weighted by Crippen LogP contribution is -2.61. The summed E-state index contributed by atoms with van der Waals surface area (Å²) >= 11 is 0. The van der Waals surface area contributed by atoms with Crippen LogP contribution in [0.5, 0.6) is 0 Å². The summed E-state index contributed by atoms with van der Waals surface area (Å²) in [6.45, 7) is 0.189. The summed E-state index contributed by atoms with van der Waals surface area (Å²) in [6, 6.07) is 6.13. The van der Waals surface area contributed by atoms with Gasteiger partial charge in [-0.3, -0.25) is 4.79 Å². The van der Waals surface area contributed by atoms with Crippen molar-refractivity contribution in [1.29, 1.82) is 0 Å². The molecule has 4 saturated carbocycles. The molecule has 2 atom stereocenters. The maximum absolute atomic E-state index is 13.8. The molecular formula is C20H22F3NO3. The lowest BCUT2D eigenvalue weighted by atomic mass is 9.43. The molecule has 0 heterocycles. The van der Waals surface area contributed by atoms with Gasteiger partial charge in [0.25, 0.3) is 0 Å². The first-order valence-corrected chi connectivity index (χ1v) is 9.30. The molecule has 1 amide bonds. The summed E-state index contributed by atoms with van der Waals surface area (Å²) in [5, 5.41) is 11.7. The Kier molecular flexibility index (Phi) is 4.05. The monoisotopic (exact) mass is 381 g/mol. The van der Waals surface area contributed by atoms with E-state index in [1.54, 1.807) is 12.1 Å². The smallest absolute Gasteiger partial charge is 0.394 e. The molecule has 0 aromatic heterocycles. The van der Waals surface area contributed by atoms with Crippen molar-refractivity contribution in [2.24, 2.45) is 22.7 Å². The van der Waals surface area contributed by atoms with Crippen molar-refractivity contribution in [1.82, 2.24) is 5.32 Å². The molecule has 5 rings (SSSR count). The van der Waals surface area contributed by atoms with Crippen LogP contribution in [0.4, 0.5) is 13.2 Å². The van der Waals surface area contributed by atoms with Crippen LogP contribution in [0.1, 0.15) is 54.4 Å². The first-order chi connectivity index (χ1) is 12.6. The highest BCUT2D eigenvalue weighted by Gasteiger charge is 2.68. The molecule has 4 fully saturated rings. The zero-order valence-electron chi connectivity index (χ0n) is 14.8. The Morgan fingerprint density at radius 2 is 1.67 bits per heavy atom. The van der Waals surface area contributed by atoms with Gasteiger partial charge in [-0.1, -0.05) is 12.1 Å². The molecular weight excluding hydrogens is 359 g/mol. The number of alkyl halides is 3. The number of halogens is 3. The average Bonchev–Trinajstić information content (AvgIpc) is 2.58. The first-order valence-electron chi connectivity index (χ1n) is 9.30. The summed E-state index contributed by atoms with van der Waals surface area (Å²) in [7, 11) is 0. The van der Waals surface area contributed by atoms with Gasteiger partial charge in [-0.25, -0.2) is 4.79 Å². The third-order valence-corrected chi connectivity index (χ3v) is 6.80. The minimum atomic E-state index is -4.26. The van der Waals surface area contributed by atoms with E-state index < -0.39 is 23.0 Å². The first kappa shape index (κ1) is 18.3. The molecule has 0 saturated heterocycles. The molecule has 1 aromatic rings. The van der Waals surface area contributed by atoms with E-state index in [2.05, 4.69) is 5.32 Å². The van der Waals surface area contributed by atoms with E-state index in [0.717, 1.165) is 12.0 Å². The van der Waals surface area contributed by atoms with E-state index in [1.165, 1.54) is 12.1 Å². The zero-order valence-corrected chi connectivity index (χ0v) is 14.8. The van der Waals surface area contributed by atoms with Gasteiger partial charge in [0.1, 0.15) is 0 Å². The van der Waals surface area contributed by atoms with E-state index in [-0.39, 0.29) is 49.1 Å². The Morgan fingerprint density at radius 1 is 1.07 bits per heavy atom. The molecule has 27 heavy (non-hydrogen) atoms. The average molecular weight is 381 g/mol. The molecule has 0 spiro atoms. The van der Waals surface area contributed by atoms with E-state index in [9.17, 15) is 22.8 Å². The Bertz CT molecular complexity index is 758. The van der Waals surface area contributed by atoms with Crippen molar-refractivity contribution >= 4 is 11.9 Å². The minimum Gasteiger partial charge on any atom is -0.478 e. The lowest BCUT2D eigenvalue weighted by molar-refractivity contribution is -0.283. The van der Waals surface area contributed by atoms with Gasteiger partial charge in [0.2, 0.25) is 5.91 Å². The van der Waals surface area contributed by atoms with Gasteiger partial charge in [0, 0.05) is 6.54 Å². The number of carbonyl (C=O) groups is 2. The van der Waals surface area contributed by atoms with E-state index in [0.29, 0.717) is 12.8 Å². The molecule has 7 heteroatoms. The number of carboxylic acids is 1. The fraction of sp³-hybridized carbons (Fsp3) is 0.600. The SMILES string of the molecule is O=C(O)c1ccc(CNC(=O)C23CC4CC(C2)CC(C(F)(F)F)(C4)C3)cc1. The number of amides is 1. The number of aromatic carboxylic acids is 1. The number of hydrogen-bond donors (Lipinski definition) is 2. The van der Waals surface area contributed by atoms with Crippen molar-refractivity contribution in [2.45, 2.75) is 51.2 Å². The number of rotatable bonds is 4. The van der Waals surface area contributed by atoms with Crippen molar-refractivity contribution in [3.05, 3.63) is 35.4 Å². The molecule has 2 unspecified atom stereocenters. The molecule has 2 N–H and O–H groups in total. The molecule has 1 aromatic carbocycles. The lowest BCUT2D eigenvalue weighted by Gasteiger charge is -2.61. The molecule has 146 valence electrons. The number of benzene rings is 1. The predicted molar refractivity (Wildman–Crippen MR) is 90.9 cm³/mol. The van der Waals surface area contributed by atoms with Crippen molar-refractivity contribution in [3.8, 4) is 0 Å². The Labute approximate surface area is 155 Å². The highest BCUT2D eigenvalue weighted by molar-refractivity contribution is 5.87. The van der Waals surface area contributed by atoms with Gasteiger partial charge >= 0.3 is 12.1 Å². The number of carboxylic acid groups (broad SMARTS) is 1. The maximum Gasteiger partial charge on any atom is 0.394 e. The second kappa shape index (κ2) is 5.97. The van der Waals surface area contributed by atoms with Crippen LogP contribution in [0.2, 0.25) is 0 Å². The second-order valence-corrected chi connectivity index (χ2v) is 8.70. The Balaban J connectivity index is 1.49. The summed E-state index contributed by atoms with van der Waals surface area (Å²) in [5.41, 5.74) is -1.74. The van der Waals surface area contributed by atoms with E-state index in [4.69, 9.17) is 5.11 Å². The van der Waals surface area contributed by atoms with Crippen LogP contribution >= 0.6 is 0 Å². The summed E-state index contributed by atoms with van der Waals surface area (Å²) in [6.07, 6.45) is -2.12. The highest BCUT2D eigenvalue weighted by atomic mass is 19.4. The molecule has 4 aliphatic carbocycles. The van der Waals surface area contributed by atoms with Crippen LogP contribution in [0.25, 0.3) is 0 Å². The normalized spacial score (nSPS) is 34.5. The predicted octanol–water partition coefficient (Wildman–Crippen LogP) is 4.15. The van der Waals surface area contributed by atoms with Gasteiger partial charge in [-0.15, -0.1) is 0 Å². The van der Waals surface area contributed by atoms with Crippen molar-refractivity contribution in [3.63, 3.8) is 0 Å². The third-order valence-electron chi connectivity index (χ3n) is 6.80.